The van der Waals surface area contributed by atoms with Gasteiger partial charge in [0.05, 0.1) is 11.9 Å². The number of nitrogens with one attached hydrogen (secondary N) is 1. The lowest BCUT2D eigenvalue weighted by Crippen LogP contribution is -2.46. The highest BCUT2D eigenvalue weighted by molar-refractivity contribution is 5.91. The first-order chi connectivity index (χ1) is 8.39. The minimum atomic E-state index is -0.947. The number of hydrogen-bond acceptors (Lipinski definition) is 4. The van der Waals surface area contributed by atoms with Gasteiger partial charge in [0.1, 0.15) is 5.76 Å². The Hall–Kier alpha value is -1.59. The zero-order valence-corrected chi connectivity index (χ0v) is 11.0. The van der Waals surface area contributed by atoms with Gasteiger partial charge < -0.3 is 19.7 Å². The molecule has 2 N–H and O–H groups in total. The molecule has 1 heterocycles. The molecule has 0 radical (unpaired) electrons. The van der Waals surface area contributed by atoms with Gasteiger partial charge in [0, 0.05) is 19.2 Å². The molecule has 0 aliphatic rings. The molecule has 0 saturated carbocycles. The molecule has 18 heavy (non-hydrogen) atoms. The summed E-state index contributed by atoms with van der Waals surface area (Å²) in [7, 11) is 3.74. The smallest absolute Gasteiger partial charge is 0.244 e. The molecular formula is C13H20N2O3. The molecule has 1 aromatic rings. The first kappa shape index (κ1) is 14.5. The van der Waals surface area contributed by atoms with Crippen molar-refractivity contribution in [2.24, 2.45) is 0 Å². The van der Waals surface area contributed by atoms with Crippen LogP contribution in [0.4, 0.5) is 0 Å². The Morgan fingerprint density at radius 3 is 2.89 bits per heavy atom. The standard InChI is InChI=1S/C13H20N2O3/c1-13(17,10-15(2)3)9-14-12(16)7-6-11-5-4-8-18-11/h4-8,17H,9-10H2,1-3H3,(H,14,16)/b7-6+. The molecule has 0 aromatic carbocycles. The third-order valence-corrected chi connectivity index (χ3v) is 2.24. The van der Waals surface area contributed by atoms with Crippen molar-refractivity contribution in [1.29, 1.82) is 0 Å². The quantitative estimate of drug-likeness (QED) is 0.732. The first-order valence-corrected chi connectivity index (χ1v) is 5.75. The van der Waals surface area contributed by atoms with E-state index in [9.17, 15) is 9.90 Å². The fourth-order valence-electron chi connectivity index (χ4n) is 1.62. The summed E-state index contributed by atoms with van der Waals surface area (Å²) in [5.74, 6) is 0.357. The topological polar surface area (TPSA) is 65.7 Å². The maximum Gasteiger partial charge on any atom is 0.244 e. The van der Waals surface area contributed by atoms with Crippen molar-refractivity contribution in [2.45, 2.75) is 12.5 Å². The molecule has 1 rings (SSSR count). The van der Waals surface area contributed by atoms with E-state index in [0.717, 1.165) is 0 Å². The molecule has 0 bridgehead atoms. The van der Waals surface area contributed by atoms with E-state index in [1.165, 1.54) is 6.08 Å². The maximum atomic E-state index is 11.5. The van der Waals surface area contributed by atoms with E-state index in [-0.39, 0.29) is 12.5 Å². The van der Waals surface area contributed by atoms with Crippen LogP contribution in [0.3, 0.4) is 0 Å². The van der Waals surface area contributed by atoms with E-state index in [2.05, 4.69) is 5.32 Å². The highest BCUT2D eigenvalue weighted by Gasteiger charge is 2.21. The predicted molar refractivity (Wildman–Crippen MR) is 69.9 cm³/mol. The molecule has 0 spiro atoms. The number of hydrogen-bond donors (Lipinski definition) is 2. The van der Waals surface area contributed by atoms with Crippen molar-refractivity contribution in [3.8, 4) is 0 Å². The molecule has 5 nitrogen and oxygen atoms in total. The minimum absolute atomic E-state index is 0.201. The molecule has 1 aromatic heterocycles. The summed E-state index contributed by atoms with van der Waals surface area (Å²) in [6.07, 6.45) is 4.50. The van der Waals surface area contributed by atoms with Crippen LogP contribution in [0.2, 0.25) is 0 Å². The van der Waals surface area contributed by atoms with Crippen molar-refractivity contribution in [3.63, 3.8) is 0 Å². The molecule has 0 saturated heterocycles. The summed E-state index contributed by atoms with van der Waals surface area (Å²) in [6.45, 7) is 2.37. The van der Waals surface area contributed by atoms with Crippen molar-refractivity contribution in [3.05, 3.63) is 30.2 Å². The van der Waals surface area contributed by atoms with E-state index >= 15 is 0 Å². The van der Waals surface area contributed by atoms with Gasteiger partial charge in [0.2, 0.25) is 5.91 Å². The number of rotatable bonds is 6. The zero-order chi connectivity index (χ0) is 13.6. The molecule has 1 unspecified atom stereocenters. The third-order valence-electron chi connectivity index (χ3n) is 2.24. The fraction of sp³-hybridized carbons (Fsp3) is 0.462. The molecule has 100 valence electrons. The molecule has 1 amide bonds. The van der Waals surface area contributed by atoms with Crippen LogP contribution in [0.1, 0.15) is 12.7 Å². The number of likely N-dealkylation sites (N-methyl/N-ethyl adjacent to an activating group) is 1. The van der Waals surface area contributed by atoms with Crippen LogP contribution in [0, 0.1) is 0 Å². The normalized spacial score (nSPS) is 14.9. The number of carbonyl (C=O) groups is 1. The van der Waals surface area contributed by atoms with Gasteiger partial charge in [-0.15, -0.1) is 0 Å². The second-order valence-electron chi connectivity index (χ2n) is 4.80. The van der Waals surface area contributed by atoms with E-state index in [1.807, 2.05) is 19.0 Å². The second-order valence-corrected chi connectivity index (χ2v) is 4.80. The Morgan fingerprint density at radius 1 is 1.61 bits per heavy atom. The Morgan fingerprint density at radius 2 is 2.33 bits per heavy atom. The van der Waals surface area contributed by atoms with Gasteiger partial charge in [-0.3, -0.25) is 4.79 Å². The van der Waals surface area contributed by atoms with Gasteiger partial charge in [-0.05, 0) is 39.2 Å². The summed E-state index contributed by atoms with van der Waals surface area (Å²) in [4.78, 5) is 13.4. The lowest BCUT2D eigenvalue weighted by Gasteiger charge is -2.26. The van der Waals surface area contributed by atoms with Crippen molar-refractivity contribution in [1.82, 2.24) is 10.2 Å². The number of nitrogens with zero attached hydrogens (tertiary/aromatic N) is 1. The van der Waals surface area contributed by atoms with Crippen LogP contribution < -0.4 is 5.32 Å². The Labute approximate surface area is 107 Å². The zero-order valence-electron chi connectivity index (χ0n) is 11.0. The molecular weight excluding hydrogens is 232 g/mol. The van der Waals surface area contributed by atoms with E-state index in [4.69, 9.17) is 4.42 Å². The van der Waals surface area contributed by atoms with Crippen LogP contribution in [-0.2, 0) is 4.79 Å². The van der Waals surface area contributed by atoms with Crippen molar-refractivity contribution in [2.75, 3.05) is 27.2 Å². The summed E-state index contributed by atoms with van der Waals surface area (Å²) in [5.41, 5.74) is -0.947. The Kier molecular flexibility index (Phi) is 5.12. The molecule has 0 aliphatic carbocycles. The van der Waals surface area contributed by atoms with Gasteiger partial charge >= 0.3 is 0 Å². The predicted octanol–water partition coefficient (Wildman–Crippen LogP) is 0.722. The summed E-state index contributed by atoms with van der Waals surface area (Å²) in [5, 5.41) is 12.6. The minimum Gasteiger partial charge on any atom is -0.465 e. The first-order valence-electron chi connectivity index (χ1n) is 5.75. The van der Waals surface area contributed by atoms with Crippen LogP contribution in [0.15, 0.2) is 28.9 Å². The molecule has 0 fully saturated rings. The average Bonchev–Trinajstić information content (AvgIpc) is 2.74. The summed E-state index contributed by atoms with van der Waals surface area (Å²) < 4.78 is 5.06. The van der Waals surface area contributed by atoms with Gasteiger partial charge in [-0.2, -0.15) is 0 Å². The largest absolute Gasteiger partial charge is 0.465 e. The summed E-state index contributed by atoms with van der Waals surface area (Å²) >= 11 is 0. The lowest BCUT2D eigenvalue weighted by atomic mass is 10.1. The SMILES string of the molecule is CN(C)CC(C)(O)CNC(=O)/C=C/c1ccco1. The van der Waals surface area contributed by atoms with Gasteiger partial charge in [-0.1, -0.05) is 0 Å². The highest BCUT2D eigenvalue weighted by Crippen LogP contribution is 2.04. The number of aliphatic hydroxyl groups is 1. The van der Waals surface area contributed by atoms with Crippen LogP contribution >= 0.6 is 0 Å². The van der Waals surface area contributed by atoms with Crippen LogP contribution in [-0.4, -0.2) is 48.7 Å². The monoisotopic (exact) mass is 252 g/mol. The van der Waals surface area contributed by atoms with Gasteiger partial charge in [-0.25, -0.2) is 0 Å². The summed E-state index contributed by atoms with van der Waals surface area (Å²) in [6, 6.07) is 3.51. The molecule has 1 atom stereocenters. The molecule has 5 heteroatoms. The average molecular weight is 252 g/mol. The van der Waals surface area contributed by atoms with Gasteiger partial charge in [0.25, 0.3) is 0 Å². The lowest BCUT2D eigenvalue weighted by molar-refractivity contribution is -0.117. The van der Waals surface area contributed by atoms with Crippen molar-refractivity contribution < 1.29 is 14.3 Å². The van der Waals surface area contributed by atoms with Crippen LogP contribution in [0.5, 0.6) is 0 Å². The number of amides is 1. The second kappa shape index (κ2) is 6.37. The van der Waals surface area contributed by atoms with Gasteiger partial charge in [0.15, 0.2) is 0 Å². The fourth-order valence-corrected chi connectivity index (χ4v) is 1.62. The molecule has 0 aliphatic heterocycles. The Bertz CT molecular complexity index is 394. The van der Waals surface area contributed by atoms with Crippen LogP contribution in [0.25, 0.3) is 6.08 Å². The third kappa shape index (κ3) is 5.65. The van der Waals surface area contributed by atoms with E-state index in [0.29, 0.717) is 12.3 Å². The maximum absolute atomic E-state index is 11.5. The highest BCUT2D eigenvalue weighted by atomic mass is 16.3. The van der Waals surface area contributed by atoms with E-state index in [1.54, 1.807) is 31.4 Å². The van der Waals surface area contributed by atoms with E-state index < -0.39 is 5.60 Å². The van der Waals surface area contributed by atoms with Crippen molar-refractivity contribution >= 4 is 12.0 Å². The number of carbonyl (C=O) groups excluding carboxylic acids is 1. The number of furan rings is 1. The Balaban J connectivity index is 2.37.